The average molecular weight is 315 g/mol. The second-order valence-electron chi connectivity index (χ2n) is 4.92. The molecule has 0 atom stereocenters. The molecule has 120 valence electrons. The summed E-state index contributed by atoms with van der Waals surface area (Å²) in [6, 6.07) is 11.6. The molecule has 0 radical (unpaired) electrons. The number of carbonyl (C=O) groups excluding carboxylic acids is 2. The van der Waals surface area contributed by atoms with Gasteiger partial charge < -0.3 is 16.0 Å². The quantitative estimate of drug-likeness (QED) is 0.789. The molecule has 3 amide bonds. The van der Waals surface area contributed by atoms with Crippen LogP contribution >= 0.6 is 0 Å². The topological polar surface area (TPSA) is 70.2 Å². The number of urea groups is 1. The zero-order chi connectivity index (χ0) is 16.7. The molecular weight excluding hydrogens is 297 g/mol. The molecule has 0 heterocycles. The molecule has 0 aliphatic rings. The summed E-state index contributed by atoms with van der Waals surface area (Å²) >= 11 is 0. The van der Waals surface area contributed by atoms with E-state index in [1.54, 1.807) is 30.3 Å². The van der Waals surface area contributed by atoms with Gasteiger partial charge in [0.2, 0.25) is 0 Å². The Labute approximate surface area is 133 Å². The van der Waals surface area contributed by atoms with E-state index in [0.717, 1.165) is 6.42 Å². The first kappa shape index (κ1) is 16.5. The van der Waals surface area contributed by atoms with Gasteiger partial charge in [-0.25, -0.2) is 9.18 Å². The monoisotopic (exact) mass is 315 g/mol. The van der Waals surface area contributed by atoms with Gasteiger partial charge in [-0.3, -0.25) is 4.79 Å². The number of nitrogens with one attached hydrogen (secondary N) is 3. The molecule has 0 aliphatic carbocycles. The molecule has 2 rings (SSSR count). The predicted octanol–water partition coefficient (Wildman–Crippen LogP) is 3.61. The Morgan fingerprint density at radius 1 is 1.00 bits per heavy atom. The van der Waals surface area contributed by atoms with Crippen LogP contribution in [0.25, 0.3) is 0 Å². The van der Waals surface area contributed by atoms with Crippen LogP contribution in [0, 0.1) is 5.82 Å². The Kier molecular flexibility index (Phi) is 5.68. The molecule has 2 aromatic rings. The molecule has 23 heavy (non-hydrogen) atoms. The van der Waals surface area contributed by atoms with E-state index in [0.29, 0.717) is 23.5 Å². The minimum Gasteiger partial charge on any atom is -0.352 e. The second-order valence-corrected chi connectivity index (χ2v) is 4.92. The van der Waals surface area contributed by atoms with Crippen LogP contribution in [0.2, 0.25) is 0 Å². The van der Waals surface area contributed by atoms with Crippen molar-refractivity contribution in [1.29, 1.82) is 0 Å². The summed E-state index contributed by atoms with van der Waals surface area (Å²) in [5, 5.41) is 7.91. The van der Waals surface area contributed by atoms with Crippen molar-refractivity contribution in [2.45, 2.75) is 13.3 Å². The van der Waals surface area contributed by atoms with Crippen LogP contribution < -0.4 is 16.0 Å². The summed E-state index contributed by atoms with van der Waals surface area (Å²) < 4.78 is 13.0. The highest BCUT2D eigenvalue weighted by Gasteiger charge is 2.06. The zero-order valence-electron chi connectivity index (χ0n) is 12.7. The maximum Gasteiger partial charge on any atom is 0.323 e. The van der Waals surface area contributed by atoms with Gasteiger partial charge in [-0.05, 0) is 48.9 Å². The summed E-state index contributed by atoms with van der Waals surface area (Å²) in [7, 11) is 0. The van der Waals surface area contributed by atoms with E-state index >= 15 is 0 Å². The van der Waals surface area contributed by atoms with E-state index in [4.69, 9.17) is 0 Å². The summed E-state index contributed by atoms with van der Waals surface area (Å²) in [5.74, 6) is -0.576. The van der Waals surface area contributed by atoms with Gasteiger partial charge in [0, 0.05) is 23.5 Å². The normalized spacial score (nSPS) is 10.0. The van der Waals surface area contributed by atoms with Crippen LogP contribution in [0.3, 0.4) is 0 Å². The van der Waals surface area contributed by atoms with E-state index in [1.807, 2.05) is 6.92 Å². The van der Waals surface area contributed by atoms with Gasteiger partial charge in [-0.15, -0.1) is 0 Å². The molecule has 0 unspecified atom stereocenters. The minimum atomic E-state index is -0.487. The molecule has 0 aliphatic heterocycles. The molecule has 0 saturated heterocycles. The van der Waals surface area contributed by atoms with Gasteiger partial charge in [0.25, 0.3) is 5.91 Å². The fraction of sp³-hybridized carbons (Fsp3) is 0.176. The molecule has 6 heteroatoms. The third kappa shape index (κ3) is 5.10. The number of amides is 3. The highest BCUT2D eigenvalue weighted by Crippen LogP contribution is 2.12. The number of anilines is 2. The smallest absolute Gasteiger partial charge is 0.323 e. The zero-order valence-corrected chi connectivity index (χ0v) is 12.7. The van der Waals surface area contributed by atoms with Gasteiger partial charge in [0.05, 0.1) is 0 Å². The number of rotatable bonds is 5. The third-order valence-electron chi connectivity index (χ3n) is 3.02. The Hall–Kier alpha value is -2.89. The lowest BCUT2D eigenvalue weighted by atomic mass is 10.2. The van der Waals surface area contributed by atoms with Gasteiger partial charge in [-0.2, -0.15) is 0 Å². The molecule has 0 spiro atoms. The molecular formula is C17H18FN3O2. The third-order valence-corrected chi connectivity index (χ3v) is 3.02. The fourth-order valence-electron chi connectivity index (χ4n) is 1.91. The van der Waals surface area contributed by atoms with Crippen LogP contribution in [0.1, 0.15) is 23.7 Å². The van der Waals surface area contributed by atoms with Crippen LogP contribution in [0.5, 0.6) is 0 Å². The highest BCUT2D eigenvalue weighted by molar-refractivity contribution is 6.00. The number of carbonyl (C=O) groups is 2. The number of halogens is 1. The number of benzene rings is 2. The number of hydrogen-bond donors (Lipinski definition) is 3. The van der Waals surface area contributed by atoms with E-state index in [2.05, 4.69) is 16.0 Å². The first-order valence-corrected chi connectivity index (χ1v) is 7.30. The molecule has 0 bridgehead atoms. The maximum atomic E-state index is 13.0. The average Bonchev–Trinajstić information content (AvgIpc) is 2.53. The summed E-state index contributed by atoms with van der Waals surface area (Å²) in [4.78, 5) is 23.6. The maximum absolute atomic E-state index is 13.0. The molecule has 3 N–H and O–H groups in total. The van der Waals surface area contributed by atoms with Gasteiger partial charge >= 0.3 is 6.03 Å². The predicted molar refractivity (Wildman–Crippen MR) is 88.1 cm³/mol. The molecule has 5 nitrogen and oxygen atoms in total. The van der Waals surface area contributed by atoms with Crippen molar-refractivity contribution in [1.82, 2.24) is 5.32 Å². The van der Waals surface area contributed by atoms with Gasteiger partial charge in [-0.1, -0.05) is 13.0 Å². The summed E-state index contributed by atoms with van der Waals surface area (Å²) in [6.45, 7) is 2.60. The first-order chi connectivity index (χ1) is 11.1. The highest BCUT2D eigenvalue weighted by atomic mass is 19.1. The Balaban J connectivity index is 1.92. The van der Waals surface area contributed by atoms with Crippen LogP contribution in [-0.2, 0) is 0 Å². The first-order valence-electron chi connectivity index (χ1n) is 7.30. The van der Waals surface area contributed by atoms with Crippen molar-refractivity contribution in [2.75, 3.05) is 17.2 Å². The Bertz CT molecular complexity index is 686. The van der Waals surface area contributed by atoms with E-state index in [1.165, 1.54) is 18.2 Å². The van der Waals surface area contributed by atoms with Crippen molar-refractivity contribution >= 4 is 23.3 Å². The SMILES string of the molecule is CCCNC(=O)c1ccc(NC(=O)Nc2cccc(F)c2)cc1. The molecule has 0 aromatic heterocycles. The lowest BCUT2D eigenvalue weighted by Gasteiger charge is -2.08. The van der Waals surface area contributed by atoms with Crippen molar-refractivity contribution in [3.05, 3.63) is 59.9 Å². The van der Waals surface area contributed by atoms with E-state index in [9.17, 15) is 14.0 Å². The van der Waals surface area contributed by atoms with Crippen molar-refractivity contribution < 1.29 is 14.0 Å². The minimum absolute atomic E-state index is 0.150. The van der Waals surface area contributed by atoms with E-state index < -0.39 is 11.8 Å². The Morgan fingerprint density at radius 2 is 1.70 bits per heavy atom. The van der Waals surface area contributed by atoms with Crippen LogP contribution in [0.15, 0.2) is 48.5 Å². The number of hydrogen-bond acceptors (Lipinski definition) is 2. The molecule has 0 saturated carbocycles. The van der Waals surface area contributed by atoms with Crippen molar-refractivity contribution in [3.63, 3.8) is 0 Å². The molecule has 2 aromatic carbocycles. The van der Waals surface area contributed by atoms with E-state index in [-0.39, 0.29) is 5.91 Å². The fourth-order valence-corrected chi connectivity index (χ4v) is 1.91. The Morgan fingerprint density at radius 3 is 2.35 bits per heavy atom. The largest absolute Gasteiger partial charge is 0.352 e. The van der Waals surface area contributed by atoms with Crippen molar-refractivity contribution in [2.24, 2.45) is 0 Å². The van der Waals surface area contributed by atoms with Crippen molar-refractivity contribution in [3.8, 4) is 0 Å². The van der Waals surface area contributed by atoms with Crippen LogP contribution in [-0.4, -0.2) is 18.5 Å². The summed E-state index contributed by atoms with van der Waals surface area (Å²) in [6.07, 6.45) is 0.867. The lowest BCUT2D eigenvalue weighted by molar-refractivity contribution is 0.0953. The second kappa shape index (κ2) is 7.93. The van der Waals surface area contributed by atoms with Crippen LogP contribution in [0.4, 0.5) is 20.6 Å². The molecule has 0 fully saturated rings. The standard InChI is InChI=1S/C17H18FN3O2/c1-2-10-19-16(22)12-6-8-14(9-7-12)20-17(23)21-15-5-3-4-13(18)11-15/h3-9,11H,2,10H2,1H3,(H,19,22)(H2,20,21,23). The lowest BCUT2D eigenvalue weighted by Crippen LogP contribution is -2.24. The van der Waals surface area contributed by atoms with Gasteiger partial charge in [0.15, 0.2) is 0 Å². The van der Waals surface area contributed by atoms with Gasteiger partial charge in [0.1, 0.15) is 5.82 Å². The summed E-state index contributed by atoms with van der Waals surface area (Å²) in [5.41, 5.74) is 1.42.